The third kappa shape index (κ3) is 3.54. The maximum atomic E-state index is 12.8. The second kappa shape index (κ2) is 6.78. The summed E-state index contributed by atoms with van der Waals surface area (Å²) in [5.74, 6) is -0.555. The van der Waals surface area contributed by atoms with E-state index in [-0.39, 0.29) is 21.1 Å². The molecule has 0 atom stereocenters. The lowest BCUT2D eigenvalue weighted by Gasteiger charge is -2.11. The van der Waals surface area contributed by atoms with Crippen LogP contribution in [0.15, 0.2) is 88.7 Å². The molecule has 0 aliphatic carbocycles. The molecule has 0 aromatic heterocycles. The van der Waals surface area contributed by atoms with Gasteiger partial charge in [-0.25, -0.2) is 13.2 Å². The van der Waals surface area contributed by atoms with Crippen LogP contribution in [0.2, 0.25) is 0 Å². The van der Waals surface area contributed by atoms with Crippen molar-refractivity contribution in [2.45, 2.75) is 9.79 Å². The Kier molecular flexibility index (Phi) is 4.54. The predicted molar refractivity (Wildman–Crippen MR) is 91.8 cm³/mol. The van der Waals surface area contributed by atoms with Crippen molar-refractivity contribution in [2.24, 2.45) is 0 Å². The van der Waals surface area contributed by atoms with Gasteiger partial charge in [0.1, 0.15) is 11.5 Å². The maximum Gasteiger partial charge on any atom is 0.337 e. The molecule has 0 spiro atoms. The van der Waals surface area contributed by atoms with Gasteiger partial charge in [-0.2, -0.15) is 0 Å². The molecular formula is C19H14O5S. The lowest BCUT2D eigenvalue weighted by molar-refractivity contribution is 0.0692. The van der Waals surface area contributed by atoms with Crippen molar-refractivity contribution in [2.75, 3.05) is 0 Å². The van der Waals surface area contributed by atoms with Gasteiger partial charge in [-0.05, 0) is 36.4 Å². The Morgan fingerprint density at radius 2 is 1.40 bits per heavy atom. The van der Waals surface area contributed by atoms with Gasteiger partial charge >= 0.3 is 5.97 Å². The maximum absolute atomic E-state index is 12.8. The van der Waals surface area contributed by atoms with Crippen molar-refractivity contribution >= 4 is 15.8 Å². The lowest BCUT2D eigenvalue weighted by atomic mass is 10.2. The third-order valence-electron chi connectivity index (χ3n) is 3.51. The predicted octanol–water partition coefficient (Wildman–Crippen LogP) is 4.01. The minimum Gasteiger partial charge on any atom is -0.478 e. The fraction of sp³-hybridized carbons (Fsp3) is 0. The Morgan fingerprint density at radius 3 is 2.00 bits per heavy atom. The van der Waals surface area contributed by atoms with E-state index in [1.807, 2.05) is 6.07 Å². The van der Waals surface area contributed by atoms with Crippen molar-refractivity contribution in [3.63, 3.8) is 0 Å². The highest BCUT2D eigenvalue weighted by Gasteiger charge is 2.25. The first-order valence-electron chi connectivity index (χ1n) is 7.39. The van der Waals surface area contributed by atoms with Gasteiger partial charge in [0.25, 0.3) is 0 Å². The fourth-order valence-electron chi connectivity index (χ4n) is 2.32. The van der Waals surface area contributed by atoms with Crippen LogP contribution in [0.1, 0.15) is 10.4 Å². The monoisotopic (exact) mass is 354 g/mol. The number of ether oxygens (including phenoxy) is 1. The van der Waals surface area contributed by atoms with E-state index < -0.39 is 15.8 Å². The van der Waals surface area contributed by atoms with Crippen molar-refractivity contribution in [3.8, 4) is 11.5 Å². The summed E-state index contributed by atoms with van der Waals surface area (Å²) in [4.78, 5) is 11.2. The number of benzene rings is 3. The van der Waals surface area contributed by atoms with Gasteiger partial charge in [-0.3, -0.25) is 0 Å². The highest BCUT2D eigenvalue weighted by molar-refractivity contribution is 7.91. The summed E-state index contributed by atoms with van der Waals surface area (Å²) in [5.41, 5.74) is -0.302. The average Bonchev–Trinajstić information content (AvgIpc) is 2.63. The van der Waals surface area contributed by atoms with Crippen LogP contribution in [0, 0.1) is 0 Å². The first-order chi connectivity index (χ1) is 12.0. The van der Waals surface area contributed by atoms with Gasteiger partial charge in [0.2, 0.25) is 9.84 Å². The van der Waals surface area contributed by atoms with Crippen molar-refractivity contribution in [3.05, 3.63) is 84.4 Å². The van der Waals surface area contributed by atoms with Gasteiger partial charge in [0.05, 0.1) is 15.4 Å². The number of carbonyl (C=O) groups is 1. The molecule has 3 rings (SSSR count). The molecule has 0 aliphatic heterocycles. The van der Waals surface area contributed by atoms with Crippen LogP contribution in [0.4, 0.5) is 0 Å². The van der Waals surface area contributed by atoms with E-state index >= 15 is 0 Å². The standard InChI is InChI=1S/C19H14O5S/c20-19(21)17-12-11-15(24-14-7-3-1-4-8-14)13-18(17)25(22,23)16-9-5-2-6-10-16/h1-13H,(H,20,21). The van der Waals surface area contributed by atoms with Crippen molar-refractivity contribution in [1.82, 2.24) is 0 Å². The Bertz CT molecular complexity index is 996. The number of carboxylic acid groups (broad SMARTS) is 1. The third-order valence-corrected chi connectivity index (χ3v) is 5.31. The van der Waals surface area contributed by atoms with Gasteiger partial charge in [-0.15, -0.1) is 0 Å². The molecular weight excluding hydrogens is 340 g/mol. The number of para-hydroxylation sites is 1. The minimum absolute atomic E-state index is 0.0226. The molecule has 0 bridgehead atoms. The van der Waals surface area contributed by atoms with Crippen LogP contribution in [0.25, 0.3) is 0 Å². The first-order valence-corrected chi connectivity index (χ1v) is 8.87. The van der Waals surface area contributed by atoms with E-state index in [2.05, 4.69) is 0 Å². The molecule has 25 heavy (non-hydrogen) atoms. The second-order valence-electron chi connectivity index (χ2n) is 5.19. The highest BCUT2D eigenvalue weighted by Crippen LogP contribution is 2.30. The summed E-state index contributed by atoms with van der Waals surface area (Å²) in [5, 5.41) is 9.35. The zero-order chi connectivity index (χ0) is 17.9. The quantitative estimate of drug-likeness (QED) is 0.749. The normalized spacial score (nSPS) is 11.0. The van der Waals surface area contributed by atoms with Crippen LogP contribution >= 0.6 is 0 Å². The SMILES string of the molecule is O=C(O)c1ccc(Oc2ccccc2)cc1S(=O)(=O)c1ccccc1. The summed E-state index contributed by atoms with van der Waals surface area (Å²) in [7, 11) is -3.99. The summed E-state index contributed by atoms with van der Waals surface area (Å²) in [6.45, 7) is 0. The summed E-state index contributed by atoms with van der Waals surface area (Å²) in [6.07, 6.45) is 0. The molecule has 0 fully saturated rings. The van der Waals surface area contributed by atoms with E-state index in [4.69, 9.17) is 4.74 Å². The minimum atomic E-state index is -3.99. The Balaban J connectivity index is 2.10. The Morgan fingerprint density at radius 1 is 0.800 bits per heavy atom. The van der Waals surface area contributed by atoms with Gasteiger partial charge in [-0.1, -0.05) is 36.4 Å². The molecule has 3 aromatic carbocycles. The van der Waals surface area contributed by atoms with Gasteiger partial charge in [0, 0.05) is 6.07 Å². The Labute approximate surface area is 145 Å². The number of hydrogen-bond acceptors (Lipinski definition) is 4. The summed E-state index contributed by atoms with van der Waals surface area (Å²) >= 11 is 0. The summed E-state index contributed by atoms with van der Waals surface area (Å²) in [6, 6.07) is 20.4. The van der Waals surface area contributed by atoms with E-state index in [1.54, 1.807) is 42.5 Å². The number of sulfone groups is 1. The molecule has 5 nitrogen and oxygen atoms in total. The molecule has 0 saturated carbocycles. The van der Waals surface area contributed by atoms with E-state index in [1.165, 1.54) is 30.3 Å². The van der Waals surface area contributed by atoms with E-state index in [0.29, 0.717) is 5.75 Å². The van der Waals surface area contributed by atoms with Crippen molar-refractivity contribution < 1.29 is 23.1 Å². The number of carboxylic acids is 1. The largest absolute Gasteiger partial charge is 0.478 e. The van der Waals surface area contributed by atoms with Gasteiger partial charge < -0.3 is 9.84 Å². The first kappa shape index (κ1) is 16.7. The smallest absolute Gasteiger partial charge is 0.337 e. The van der Waals surface area contributed by atoms with Crippen LogP contribution < -0.4 is 4.74 Å². The molecule has 126 valence electrons. The molecule has 0 saturated heterocycles. The zero-order valence-electron chi connectivity index (χ0n) is 13.0. The molecule has 6 heteroatoms. The molecule has 0 heterocycles. The highest BCUT2D eigenvalue weighted by atomic mass is 32.2. The van der Waals surface area contributed by atoms with Crippen LogP contribution in [0.5, 0.6) is 11.5 Å². The molecule has 0 aliphatic rings. The van der Waals surface area contributed by atoms with E-state index in [0.717, 1.165) is 0 Å². The topological polar surface area (TPSA) is 80.7 Å². The molecule has 0 radical (unpaired) electrons. The molecule has 0 amide bonds. The number of hydrogen-bond donors (Lipinski definition) is 1. The Hall–Kier alpha value is -3.12. The number of aromatic carboxylic acids is 1. The second-order valence-corrected chi connectivity index (χ2v) is 7.11. The van der Waals surface area contributed by atoms with Gasteiger partial charge in [0.15, 0.2) is 0 Å². The molecule has 0 unspecified atom stereocenters. The molecule has 1 N–H and O–H groups in total. The van der Waals surface area contributed by atoms with Crippen molar-refractivity contribution in [1.29, 1.82) is 0 Å². The summed E-state index contributed by atoms with van der Waals surface area (Å²) < 4.78 is 31.3. The fourth-order valence-corrected chi connectivity index (χ4v) is 3.80. The zero-order valence-corrected chi connectivity index (χ0v) is 13.8. The van der Waals surface area contributed by atoms with Crippen LogP contribution in [-0.4, -0.2) is 19.5 Å². The molecule has 3 aromatic rings. The van der Waals surface area contributed by atoms with Crippen LogP contribution in [-0.2, 0) is 9.84 Å². The van der Waals surface area contributed by atoms with Crippen LogP contribution in [0.3, 0.4) is 0 Å². The number of rotatable bonds is 5. The average molecular weight is 354 g/mol. The lowest BCUT2D eigenvalue weighted by Crippen LogP contribution is -2.09. The van der Waals surface area contributed by atoms with E-state index in [9.17, 15) is 18.3 Å².